The van der Waals surface area contributed by atoms with Gasteiger partial charge in [0.15, 0.2) is 29.8 Å². The van der Waals surface area contributed by atoms with E-state index in [1.807, 2.05) is 52.0 Å². The molecule has 0 aliphatic heterocycles. The van der Waals surface area contributed by atoms with Crippen LogP contribution in [-0.2, 0) is 76.1 Å². The minimum absolute atomic E-state index is 0.00168. The van der Waals surface area contributed by atoms with Crippen molar-refractivity contribution in [2.24, 2.45) is 88.0 Å². The van der Waals surface area contributed by atoms with Crippen molar-refractivity contribution >= 4 is 35.7 Å². The molecule has 27 heteroatoms. The maximum absolute atomic E-state index is 14.0. The molecule has 23 nitrogen and oxygen atoms in total. The van der Waals surface area contributed by atoms with E-state index in [4.69, 9.17) is 63.1 Å². The maximum atomic E-state index is 14.0. The highest BCUT2D eigenvalue weighted by Crippen LogP contribution is 2.30. The molecule has 0 heterocycles. The standard InChI is InChI=1S/C16H28N4.2C15H24F2N4.C15H26N4O.C15H24N4O.C11H17N/c1-12(20-15(17)18)9-10-19-11-13-5-7-14(8-6-13)16(2,3)4;1-14(2,3)11-5-7-12(8-6-11)15(16,17)21-10-4-9-20-13(18)19;1-14(2,3)12-6-4-11(5-7-12)8-20-9-15(16,17)10-21-13(18)19;1-15(2,3)12-6-4-11(5-7-12)8-18-9-13(20)10-19-14(16)17;1-15(2,3)12-6-4-11(5-7-12)10-18-9-8-13(20)19-14(16)17;1-11(2,3)10-6-4-9(8-12)5-7-10/h5-8,12,19H,9-11H2,1-4H3,(H4,17,18,20);5-8,21H,4,9-10H2,1-3H3,(H4,18,19,20);4-7,20H,8-10H2,1-3H3,(H4,18,19,21);4-7,13,18,20H,8-10H2,1-3H3,(H4,16,17,19);4-7,18H,8-10H2,1-3H3,(H4,16,17,19,20);4-7H,8,12H2,1-3H3. The molecule has 0 saturated heterocycles. The van der Waals surface area contributed by atoms with Crippen LogP contribution in [0.1, 0.15) is 218 Å². The number of alkyl halides is 4. The zero-order valence-electron chi connectivity index (χ0n) is 71.8. The molecule has 2 unspecified atom stereocenters. The molecular weight excluding hydrogens is 1450 g/mol. The summed E-state index contributed by atoms with van der Waals surface area (Å²) in [6, 6.07) is 45.7. The molecule has 0 fully saturated rings. The van der Waals surface area contributed by atoms with Crippen LogP contribution >= 0.6 is 0 Å². The Bertz CT molecular complexity index is 3810. The topological polar surface area (TPSA) is 445 Å². The fourth-order valence-electron chi connectivity index (χ4n) is 10.2. The van der Waals surface area contributed by atoms with E-state index < -0.39 is 31.2 Å². The fraction of sp³-hybridized carbons (Fsp3) is 0.517. The number of nitrogens with one attached hydrogen (secondary N) is 5. The van der Waals surface area contributed by atoms with E-state index in [-0.39, 0.29) is 99.3 Å². The summed E-state index contributed by atoms with van der Waals surface area (Å²) in [7, 11) is 0. The average molecular weight is 1590 g/mol. The second-order valence-corrected chi connectivity index (χ2v) is 34.4. The first-order valence-corrected chi connectivity index (χ1v) is 38.8. The van der Waals surface area contributed by atoms with Crippen molar-refractivity contribution in [1.82, 2.24) is 26.6 Å². The van der Waals surface area contributed by atoms with Crippen molar-refractivity contribution in [3.63, 3.8) is 0 Å². The van der Waals surface area contributed by atoms with Gasteiger partial charge in [-0.25, -0.2) is 13.8 Å². The minimum Gasteiger partial charge on any atom is -0.390 e. The van der Waals surface area contributed by atoms with Crippen molar-refractivity contribution in [2.45, 2.75) is 240 Å². The molecule has 114 heavy (non-hydrogen) atoms. The number of aliphatic hydroxyl groups is 1. The second-order valence-electron chi connectivity index (χ2n) is 34.4. The second kappa shape index (κ2) is 49.5. The number of benzene rings is 6. The number of carbonyl (C=O) groups excluding carboxylic acids is 1. The average Bonchev–Trinajstić information content (AvgIpc) is 0.802. The Morgan fingerprint density at radius 1 is 0.404 bits per heavy atom. The fourth-order valence-corrected chi connectivity index (χ4v) is 10.2. The molecule has 0 radical (unpaired) electrons. The lowest BCUT2D eigenvalue weighted by molar-refractivity contribution is -0.117. The van der Waals surface area contributed by atoms with Crippen molar-refractivity contribution in [2.75, 3.05) is 52.4 Å². The van der Waals surface area contributed by atoms with Crippen LogP contribution in [0, 0.1) is 0 Å². The van der Waals surface area contributed by atoms with Gasteiger partial charge in [0.1, 0.15) is 6.54 Å². The largest absolute Gasteiger partial charge is 0.390 e. The zero-order chi connectivity index (χ0) is 86.9. The van der Waals surface area contributed by atoms with Gasteiger partial charge < -0.3 is 89.4 Å². The van der Waals surface area contributed by atoms with Crippen LogP contribution in [0.5, 0.6) is 0 Å². The van der Waals surface area contributed by atoms with E-state index in [0.29, 0.717) is 45.7 Å². The molecule has 1 amide bonds. The van der Waals surface area contributed by atoms with Crippen molar-refractivity contribution in [3.05, 3.63) is 212 Å². The van der Waals surface area contributed by atoms with E-state index in [0.717, 1.165) is 37.2 Å². The van der Waals surface area contributed by atoms with Gasteiger partial charge in [0.25, 0.3) is 5.92 Å². The number of halogens is 4. The van der Waals surface area contributed by atoms with Crippen LogP contribution in [0.4, 0.5) is 17.6 Å². The first-order chi connectivity index (χ1) is 52.6. The van der Waals surface area contributed by atoms with Gasteiger partial charge >= 0.3 is 6.05 Å². The number of nitrogens with two attached hydrogens (primary N) is 11. The van der Waals surface area contributed by atoms with Gasteiger partial charge in [-0.2, -0.15) is 13.8 Å². The normalized spacial score (nSPS) is 12.3. The molecule has 6 aromatic carbocycles. The van der Waals surface area contributed by atoms with Crippen molar-refractivity contribution < 1.29 is 27.5 Å². The molecular formula is C87H143F4N21O2. The lowest BCUT2D eigenvalue weighted by atomic mass is 9.86. The van der Waals surface area contributed by atoms with Gasteiger partial charge in [0.2, 0.25) is 5.91 Å². The third-order valence-electron chi connectivity index (χ3n) is 17.4. The predicted octanol–water partition coefficient (Wildman–Crippen LogP) is 10.8. The number of aliphatic hydroxyl groups excluding tert-OH is 1. The number of amides is 1. The van der Waals surface area contributed by atoms with Crippen LogP contribution in [0.2, 0.25) is 0 Å². The lowest BCUT2D eigenvalue weighted by Gasteiger charge is -2.22. The molecule has 0 aromatic heterocycles. The highest BCUT2D eigenvalue weighted by Gasteiger charge is 2.31. The van der Waals surface area contributed by atoms with Crippen LogP contribution in [0.3, 0.4) is 0 Å². The molecule has 2 atom stereocenters. The van der Waals surface area contributed by atoms with Crippen LogP contribution in [0.15, 0.2) is 171 Å². The third kappa shape index (κ3) is 47.5. The van der Waals surface area contributed by atoms with Crippen molar-refractivity contribution in [3.8, 4) is 0 Å². The summed E-state index contributed by atoms with van der Waals surface area (Å²) in [6.07, 6.45) is 1.08. The molecule has 0 spiro atoms. The van der Waals surface area contributed by atoms with Gasteiger partial charge in [0, 0.05) is 70.9 Å². The number of aliphatic imine (C=N–C) groups is 5. The first kappa shape index (κ1) is 103. The molecule has 6 rings (SSSR count). The number of guanidine groups is 5. The smallest absolute Gasteiger partial charge is 0.329 e. The number of nitrogens with zero attached hydrogens (tertiary/aromatic N) is 5. The molecule has 0 aliphatic rings. The van der Waals surface area contributed by atoms with Crippen LogP contribution in [0.25, 0.3) is 0 Å². The summed E-state index contributed by atoms with van der Waals surface area (Å²) in [5, 5.41) is 24.4. The Morgan fingerprint density at radius 3 is 1.06 bits per heavy atom. The van der Waals surface area contributed by atoms with Gasteiger partial charge in [-0.05, 0) is 120 Å². The van der Waals surface area contributed by atoms with E-state index in [1.165, 1.54) is 62.2 Å². The Hall–Kier alpha value is -9.22. The summed E-state index contributed by atoms with van der Waals surface area (Å²) in [5.41, 5.74) is 71.4. The van der Waals surface area contributed by atoms with Gasteiger partial charge in [0.05, 0.1) is 25.2 Å². The monoisotopic (exact) mass is 1590 g/mol. The predicted molar refractivity (Wildman–Crippen MR) is 470 cm³/mol. The minimum atomic E-state index is -3.06. The van der Waals surface area contributed by atoms with Gasteiger partial charge in [-0.1, -0.05) is 270 Å². The molecule has 0 aliphatic carbocycles. The Balaban J connectivity index is 0.000000688. The maximum Gasteiger partial charge on any atom is 0.329 e. The summed E-state index contributed by atoms with van der Waals surface area (Å²) >= 11 is 0. The Morgan fingerprint density at radius 2 is 0.728 bits per heavy atom. The Kier molecular flexibility index (Phi) is 44.7. The van der Waals surface area contributed by atoms with Crippen LogP contribution in [-0.4, -0.2) is 111 Å². The van der Waals surface area contributed by atoms with E-state index >= 15 is 0 Å². The zero-order valence-corrected chi connectivity index (χ0v) is 71.8. The molecule has 6 aromatic rings. The summed E-state index contributed by atoms with van der Waals surface area (Å²) in [5.74, 6) is -3.65. The Labute approximate surface area is 679 Å². The number of hydrogen-bond donors (Lipinski definition) is 17. The molecule has 0 bridgehead atoms. The summed E-state index contributed by atoms with van der Waals surface area (Å²) < 4.78 is 54.8. The SMILES string of the molecule is CC(C)(C)c1ccc(C(F)(F)NCCCN=C(N)N)cc1.CC(C)(C)c1ccc(CN)cc1.CC(C)(C)c1ccc(CNCC(F)(F)CN=C(N)N)cc1.CC(C)(C)c1ccc(CNCC(O)CN=C(N)N)cc1.CC(C)(C)c1ccc(CNCCC(=O)N=C(N)N)cc1.CC(CCNCc1ccc(C(C)(C)C)cc1)N=C(N)N. The first-order valence-electron chi connectivity index (χ1n) is 38.8. The highest BCUT2D eigenvalue weighted by molar-refractivity contribution is 5.91. The lowest BCUT2D eigenvalue weighted by Crippen LogP contribution is -2.36. The van der Waals surface area contributed by atoms with Gasteiger partial charge in [-0.15, -0.1) is 0 Å². The summed E-state index contributed by atoms with van der Waals surface area (Å²) in [6.45, 7) is 45.7. The van der Waals surface area contributed by atoms with E-state index in [2.05, 4.69) is 252 Å². The van der Waals surface area contributed by atoms with Crippen LogP contribution < -0.4 is 89.7 Å². The van der Waals surface area contributed by atoms with Gasteiger partial charge in [-0.3, -0.25) is 25.1 Å². The number of carbonyl (C=O) groups is 1. The van der Waals surface area contributed by atoms with Crippen molar-refractivity contribution in [1.29, 1.82) is 0 Å². The van der Waals surface area contributed by atoms with E-state index in [1.54, 1.807) is 12.1 Å². The highest BCUT2D eigenvalue weighted by atomic mass is 19.3. The third-order valence-corrected chi connectivity index (χ3v) is 17.4. The molecule has 28 N–H and O–H groups in total. The summed E-state index contributed by atoms with van der Waals surface area (Å²) in [4.78, 5) is 29.6. The quantitative estimate of drug-likeness (QED) is 0.00655. The molecule has 636 valence electrons. The van der Waals surface area contributed by atoms with E-state index in [9.17, 15) is 27.5 Å². The number of rotatable bonds is 30. The number of hydrogen-bond acceptors (Lipinski definition) is 12. The molecule has 0 saturated carbocycles.